The van der Waals surface area contributed by atoms with Crippen molar-refractivity contribution >= 4 is 34.8 Å². The van der Waals surface area contributed by atoms with Gasteiger partial charge >= 0.3 is 29.4 Å². The summed E-state index contributed by atoms with van der Waals surface area (Å²) in [6.45, 7) is 14.5. The van der Waals surface area contributed by atoms with Crippen LogP contribution in [0.3, 0.4) is 0 Å². The maximum Gasteiger partial charge on any atom is 0.509 e. The molecule has 0 amide bonds. The van der Waals surface area contributed by atoms with E-state index in [0.717, 1.165) is 86.2 Å². The molecule has 114 heavy (non-hydrogen) atoms. The van der Waals surface area contributed by atoms with Crippen LogP contribution in [0.4, 0.5) is 18.4 Å². The van der Waals surface area contributed by atoms with Crippen molar-refractivity contribution < 1.29 is 117 Å². The summed E-state index contributed by atoms with van der Waals surface area (Å²) in [4.78, 5) is 103. The van der Waals surface area contributed by atoms with Crippen LogP contribution in [0, 0.1) is 27.7 Å². The average molecular weight is 1670 g/mol. The molecule has 0 bridgehead atoms. The van der Waals surface area contributed by atoms with Crippen LogP contribution in [0.25, 0.3) is 0 Å². The van der Waals surface area contributed by atoms with E-state index in [1.165, 1.54) is 51.5 Å². The summed E-state index contributed by atoms with van der Waals surface area (Å²) in [5.74, 6) is 0. The summed E-state index contributed by atoms with van der Waals surface area (Å²) in [5.41, 5.74) is -4.75. The Hall–Kier alpha value is -6.70. The van der Waals surface area contributed by atoms with Gasteiger partial charge in [-0.2, -0.15) is 8.42 Å². The molecule has 0 spiro atoms. The van der Waals surface area contributed by atoms with Crippen molar-refractivity contribution in [3.05, 3.63) is 128 Å². The minimum absolute atomic E-state index is 0. The lowest BCUT2D eigenvalue weighted by atomic mass is 10.1. The van der Waals surface area contributed by atoms with Gasteiger partial charge in [0.25, 0.3) is 26.8 Å². The maximum atomic E-state index is 14.0. The van der Waals surface area contributed by atoms with Crippen LogP contribution in [0.5, 0.6) is 0 Å². The Kier molecular flexibility index (Phi) is 36.8. The molecule has 0 saturated carbocycles. The van der Waals surface area contributed by atoms with Gasteiger partial charge in [0.2, 0.25) is 0 Å². The Morgan fingerprint density at radius 3 is 1.18 bits per heavy atom. The Morgan fingerprint density at radius 2 is 0.851 bits per heavy atom. The smallest absolute Gasteiger partial charge is 0.429 e. The highest BCUT2D eigenvalue weighted by Crippen LogP contribution is 2.39. The summed E-state index contributed by atoms with van der Waals surface area (Å²) in [6.07, 6.45) is -3.99. The minimum atomic E-state index is -4.16. The minimum Gasteiger partial charge on any atom is -0.429 e. The molecule has 7 aliphatic rings. The third kappa shape index (κ3) is 25.4. The lowest BCUT2D eigenvalue weighted by Crippen LogP contribution is -2.47. The van der Waals surface area contributed by atoms with Crippen molar-refractivity contribution in [1.82, 2.24) is 27.4 Å². The first-order valence-electron chi connectivity index (χ1n) is 37.5. The van der Waals surface area contributed by atoms with Crippen LogP contribution in [-0.4, -0.2) is 221 Å². The third-order valence-corrected chi connectivity index (χ3v) is 20.1. The van der Waals surface area contributed by atoms with Gasteiger partial charge in [0.1, 0.15) is 67.3 Å². The van der Waals surface area contributed by atoms with Crippen molar-refractivity contribution in [2.45, 2.75) is 296 Å². The first kappa shape index (κ1) is 96.1. The molecule has 3 aromatic heterocycles. The molecule has 16 atom stereocenters. The van der Waals surface area contributed by atoms with E-state index >= 15 is 0 Å². The molecule has 7 fully saturated rings. The van der Waals surface area contributed by atoms with Gasteiger partial charge < -0.3 is 86.4 Å². The van der Waals surface area contributed by atoms with Crippen LogP contribution in [0.1, 0.15) is 174 Å². The number of aliphatic hydroxyl groups excluding tert-OH is 3. The average Bonchev–Trinajstić information content (AvgIpc) is 1.60. The van der Waals surface area contributed by atoms with Crippen molar-refractivity contribution in [3.8, 4) is 0 Å². The number of aromatic nitrogens is 6. The number of rotatable bonds is 25. The number of hydrogen-bond donors (Lipinski definition) is 3. The number of halogens is 3. The highest BCUT2D eigenvalue weighted by atomic mass is 35.5. The second kappa shape index (κ2) is 43.7. The molecule has 7 unspecified atom stereocenters. The van der Waals surface area contributed by atoms with Crippen LogP contribution in [0.2, 0.25) is 0 Å². The molecule has 7 saturated heterocycles. The van der Waals surface area contributed by atoms with Gasteiger partial charge in [0.15, 0.2) is 56.1 Å². The fourth-order valence-corrected chi connectivity index (χ4v) is 14.2. The fraction of sp³-hybridized carbons (Fsp3) is 0.733. The van der Waals surface area contributed by atoms with E-state index in [2.05, 4.69) is 0 Å². The van der Waals surface area contributed by atoms with E-state index in [0.29, 0.717) is 50.3 Å². The zero-order chi connectivity index (χ0) is 80.6. The third-order valence-electron chi connectivity index (χ3n) is 18.8. The number of aliphatic hydroxyl groups is 3. The zero-order valence-corrected chi connectivity index (χ0v) is 66.3. The Bertz CT molecular complexity index is 4220. The van der Waals surface area contributed by atoms with E-state index in [1.807, 2.05) is 6.92 Å². The molecule has 39 heteroatoms. The maximum absolute atomic E-state index is 14.0. The molecule has 35 nitrogen and oxygen atoms in total. The van der Waals surface area contributed by atoms with Crippen molar-refractivity contribution in [3.63, 3.8) is 0 Å². The second-order valence-corrected chi connectivity index (χ2v) is 31.5. The molecule has 7 aliphatic heterocycles. The number of aryl methyl sites for hydroxylation is 4. The topological polar surface area (TPSA) is 409 Å². The van der Waals surface area contributed by atoms with Crippen LogP contribution >= 0.6 is 12.4 Å². The normalized spacial score (nSPS) is 27.1. The molecule has 1 aromatic carbocycles. The summed E-state index contributed by atoms with van der Waals surface area (Å²) in [7, 11) is -4.16. The Balaban J connectivity index is 0.000000282. The van der Waals surface area contributed by atoms with E-state index in [-0.39, 0.29) is 62.1 Å². The molecule has 646 valence electrons. The Morgan fingerprint density at radius 1 is 0.500 bits per heavy atom. The highest BCUT2D eigenvalue weighted by molar-refractivity contribution is 7.86. The lowest BCUT2D eigenvalue weighted by Gasteiger charge is -2.31. The first-order chi connectivity index (χ1) is 52.7. The fourth-order valence-electron chi connectivity index (χ4n) is 13.3. The molecule has 0 aliphatic carbocycles. The van der Waals surface area contributed by atoms with Gasteiger partial charge in [-0.05, 0) is 158 Å². The number of carbonyl (C=O) groups excluding carboxylic acids is 2. The molecule has 3 N–H and O–H groups in total. The molecular weight excluding hydrogens is 1550 g/mol. The second-order valence-electron chi connectivity index (χ2n) is 29.8. The standard InChI is InChI=1S/C34H48N2O13S.C27H41FN2O10.C12H17FN2O6.2CH4.ClH/c1-22-12-14-24(15-13-22)50(40,41)45-19-16-35-30(37)23(2)20-36(32(35)38)31-29(48-33(39)49-34(3,4)5)28(47-27-11-7-9-18-43-27)25(46-31)21-44-26-10-6-8-17-42-26;1-17-15-30(25(32)29(12-11-28)23(17)31)24-22(39-26(33)40-27(2,3)4)21(38-20-10-6-8-14-35-20)18(37-24)16-36-19-9-5-7-13-34-19;1-6-4-15(12(20)14(3-2-13)10(6)19)11-9(18)8(17)7(5-16)21-11;;;/h12-15,20,25-29,31H,6-11,16-19,21H2,1-5H3;15,18-22,24H,5-14,16H2,1-4H3;4,7-9,11,16-18H,2-3,5H2,1H3;2*1H4;1H/t25-,26?,27?,28-,29+,31?;18-,19?,20?,21-,22+,24?;7-,8-,9+,11?;;;/m111.../s1/i;28-1;13-1;;;. The van der Waals surface area contributed by atoms with E-state index in [9.17, 15) is 65.8 Å². The van der Waals surface area contributed by atoms with Gasteiger partial charge in [0.05, 0.1) is 51.0 Å². The monoisotopic (exact) mass is 1670 g/mol. The van der Waals surface area contributed by atoms with Crippen LogP contribution < -0.4 is 33.7 Å². The number of benzene rings is 1. The van der Waals surface area contributed by atoms with Gasteiger partial charge in [-0.1, -0.05) is 32.5 Å². The summed E-state index contributed by atoms with van der Waals surface area (Å²) < 4.78 is 150. The predicted octanol–water partition coefficient (Wildman–Crippen LogP) is 6.26. The number of hydrogen-bond acceptors (Lipinski definition) is 29. The molecule has 4 aromatic rings. The molecule has 0 radical (unpaired) electrons. The van der Waals surface area contributed by atoms with E-state index in [1.54, 1.807) is 53.7 Å². The van der Waals surface area contributed by atoms with Crippen molar-refractivity contribution in [2.75, 3.05) is 66.2 Å². The number of ether oxygens (including phenoxy) is 15. The predicted molar refractivity (Wildman–Crippen MR) is 405 cm³/mol. The van der Waals surface area contributed by atoms with Gasteiger partial charge in [0, 0.05) is 61.7 Å². The van der Waals surface area contributed by atoms with Gasteiger partial charge in [-0.3, -0.25) is 46.0 Å². The summed E-state index contributed by atoms with van der Waals surface area (Å²) in [5, 5.41) is 28.6. The number of alkyl halides is 2. The largest absolute Gasteiger partial charge is 0.509 e. The SMILES string of the molecule is C.C.Cc1ccc(S(=O)(=O)OCCn2c(=O)c(C)cn(C3O[C@H](COC4CCCCO4)[C@@H](OC4CCCCO4)[C@@H]3OC(=O)OC(C)(C)C)c2=O)cc1.Cc1cn(C2O[C@H](CO)[C@@H](O)[C@@H]2O)c(=O)n(CC[18F])c1=O.Cc1cn(C2O[C@H](COC3CCCCO3)[C@@H](OC3CCCCO3)[C@@H]2OC(=O)OC(C)(C)C)c(=O)n(CC[18F])c1=O.Cl. The van der Waals surface area contributed by atoms with Crippen LogP contribution in [0.15, 0.2) is 76.5 Å². The zero-order valence-electron chi connectivity index (χ0n) is 64.7. The molecule has 11 rings (SSSR count). The van der Waals surface area contributed by atoms with E-state index < -0.39 is 212 Å². The van der Waals surface area contributed by atoms with Gasteiger partial charge in [-0.15, -0.1) is 12.4 Å². The van der Waals surface area contributed by atoms with Crippen molar-refractivity contribution in [2.24, 2.45) is 0 Å². The molecular formula is C75H115ClF2N6O29S. The van der Waals surface area contributed by atoms with Gasteiger partial charge in [-0.25, -0.2) is 32.8 Å². The Labute approximate surface area is 666 Å². The number of nitrogens with zero attached hydrogens (tertiary/aromatic N) is 6. The molecule has 10 heterocycles. The highest BCUT2D eigenvalue weighted by Gasteiger charge is 2.54. The quantitative estimate of drug-likeness (QED) is 0.0487. The lowest BCUT2D eigenvalue weighted by molar-refractivity contribution is -0.224. The first-order valence-corrected chi connectivity index (χ1v) is 38.9. The van der Waals surface area contributed by atoms with Crippen LogP contribution in [-0.2, 0) is 105 Å². The van der Waals surface area contributed by atoms with Crippen molar-refractivity contribution in [1.29, 1.82) is 0 Å². The summed E-state index contributed by atoms with van der Waals surface area (Å²) in [6, 6.07) is 6.09. The van der Waals surface area contributed by atoms with E-state index in [4.69, 9.17) is 80.3 Å². The summed E-state index contributed by atoms with van der Waals surface area (Å²) >= 11 is 0. The number of carbonyl (C=O) groups is 2.